The zero-order valence-electron chi connectivity index (χ0n) is 11.9. The Bertz CT molecular complexity index is 609. The maximum absolute atomic E-state index is 12.4. The number of benzene rings is 1. The number of ether oxygens (including phenoxy) is 1. The molecule has 0 saturated carbocycles. The number of nitrogen functional groups attached to an aromatic ring is 1. The van der Waals surface area contributed by atoms with E-state index < -0.39 is 26.2 Å². The molecule has 1 unspecified atom stereocenters. The van der Waals surface area contributed by atoms with Gasteiger partial charge in [-0.05, 0) is 38.0 Å². The third kappa shape index (κ3) is 3.74. The molecule has 1 fully saturated rings. The average Bonchev–Trinajstić information content (AvgIpc) is 2.47. The topological polar surface area (TPSA) is 98.5 Å². The van der Waals surface area contributed by atoms with Gasteiger partial charge in [-0.25, -0.2) is 8.42 Å². The Morgan fingerprint density at radius 3 is 2.67 bits per heavy atom. The quantitative estimate of drug-likeness (QED) is 0.814. The summed E-state index contributed by atoms with van der Waals surface area (Å²) in [6, 6.07) is 6.65. The Hall–Kier alpha value is -1.60. The standard InChI is InChI=1S/C14H20N2O4S/c1-10(21(18,19)13-5-7-20-8-6-13)14(17)16-12-4-2-3-11(15)9-12/h2-4,9-10,13H,5-8,15H2,1H3,(H,16,17). The van der Waals surface area contributed by atoms with E-state index in [2.05, 4.69) is 5.32 Å². The molecule has 1 aliphatic heterocycles. The molecule has 1 atom stereocenters. The first kappa shape index (κ1) is 15.8. The lowest BCUT2D eigenvalue weighted by Gasteiger charge is -2.25. The van der Waals surface area contributed by atoms with Gasteiger partial charge in [0.05, 0.1) is 5.25 Å². The summed E-state index contributed by atoms with van der Waals surface area (Å²) in [6.07, 6.45) is 0.885. The monoisotopic (exact) mass is 312 g/mol. The highest BCUT2D eigenvalue weighted by molar-refractivity contribution is 7.93. The molecule has 2 rings (SSSR count). The first-order valence-corrected chi connectivity index (χ1v) is 8.49. The first-order valence-electron chi connectivity index (χ1n) is 6.88. The average molecular weight is 312 g/mol. The predicted molar refractivity (Wildman–Crippen MR) is 81.7 cm³/mol. The van der Waals surface area contributed by atoms with Crippen LogP contribution in [0.3, 0.4) is 0 Å². The maximum Gasteiger partial charge on any atom is 0.242 e. The zero-order chi connectivity index (χ0) is 15.5. The Labute approximate surface area is 124 Å². The lowest BCUT2D eigenvalue weighted by molar-refractivity contribution is -0.115. The highest BCUT2D eigenvalue weighted by atomic mass is 32.2. The fourth-order valence-corrected chi connectivity index (χ4v) is 4.09. The molecule has 1 heterocycles. The third-order valence-electron chi connectivity index (χ3n) is 3.65. The summed E-state index contributed by atoms with van der Waals surface area (Å²) in [7, 11) is -3.51. The molecule has 1 amide bonds. The maximum atomic E-state index is 12.4. The summed E-state index contributed by atoms with van der Waals surface area (Å²) in [5.41, 5.74) is 6.63. The number of anilines is 2. The van der Waals surface area contributed by atoms with E-state index in [-0.39, 0.29) is 0 Å². The van der Waals surface area contributed by atoms with Crippen molar-refractivity contribution in [2.24, 2.45) is 0 Å². The number of carbonyl (C=O) groups excluding carboxylic acids is 1. The van der Waals surface area contributed by atoms with Crippen molar-refractivity contribution in [1.82, 2.24) is 0 Å². The van der Waals surface area contributed by atoms with Crippen LogP contribution in [0, 0.1) is 0 Å². The van der Waals surface area contributed by atoms with Gasteiger partial charge in [0.2, 0.25) is 5.91 Å². The lowest BCUT2D eigenvalue weighted by Crippen LogP contribution is -2.41. The Balaban J connectivity index is 2.07. The largest absolute Gasteiger partial charge is 0.399 e. The van der Waals surface area contributed by atoms with Gasteiger partial charge >= 0.3 is 0 Å². The molecule has 1 aliphatic rings. The molecular formula is C14H20N2O4S. The minimum absolute atomic E-state index is 0.424. The van der Waals surface area contributed by atoms with Crippen LogP contribution in [0.25, 0.3) is 0 Å². The SMILES string of the molecule is CC(C(=O)Nc1cccc(N)c1)S(=O)(=O)C1CCOCC1. The minimum Gasteiger partial charge on any atom is -0.399 e. The van der Waals surface area contributed by atoms with Crippen LogP contribution < -0.4 is 11.1 Å². The van der Waals surface area contributed by atoms with Crippen molar-refractivity contribution >= 4 is 27.1 Å². The highest BCUT2D eigenvalue weighted by Crippen LogP contribution is 2.21. The molecule has 7 heteroatoms. The van der Waals surface area contributed by atoms with Crippen LogP contribution in [-0.2, 0) is 19.4 Å². The van der Waals surface area contributed by atoms with Gasteiger partial charge in [0.1, 0.15) is 5.25 Å². The van der Waals surface area contributed by atoms with E-state index in [0.717, 1.165) is 0 Å². The summed E-state index contributed by atoms with van der Waals surface area (Å²) in [5.74, 6) is -0.535. The van der Waals surface area contributed by atoms with E-state index in [9.17, 15) is 13.2 Å². The molecule has 21 heavy (non-hydrogen) atoms. The molecular weight excluding hydrogens is 292 g/mol. The third-order valence-corrected chi connectivity index (χ3v) is 6.25. The predicted octanol–water partition coefficient (Wildman–Crippen LogP) is 1.19. The van der Waals surface area contributed by atoms with Crippen molar-refractivity contribution < 1.29 is 17.9 Å². The molecule has 0 radical (unpaired) electrons. The number of carbonyl (C=O) groups is 1. The molecule has 116 valence electrons. The number of amides is 1. The lowest BCUT2D eigenvalue weighted by atomic mass is 10.2. The van der Waals surface area contributed by atoms with Gasteiger partial charge in [0.25, 0.3) is 0 Å². The molecule has 1 aromatic rings. The number of hydrogen-bond donors (Lipinski definition) is 2. The van der Waals surface area contributed by atoms with Crippen LogP contribution in [-0.4, -0.2) is 38.0 Å². The molecule has 3 N–H and O–H groups in total. The van der Waals surface area contributed by atoms with Crippen LogP contribution >= 0.6 is 0 Å². The number of nitrogens with two attached hydrogens (primary N) is 1. The van der Waals surface area contributed by atoms with Gasteiger partial charge in [-0.1, -0.05) is 6.07 Å². The van der Waals surface area contributed by atoms with Gasteiger partial charge in [0.15, 0.2) is 9.84 Å². The van der Waals surface area contributed by atoms with E-state index in [1.807, 2.05) is 0 Å². The number of nitrogens with one attached hydrogen (secondary N) is 1. The smallest absolute Gasteiger partial charge is 0.242 e. The summed E-state index contributed by atoms with van der Waals surface area (Å²) in [6.45, 7) is 2.27. The number of rotatable bonds is 4. The van der Waals surface area contributed by atoms with E-state index in [1.54, 1.807) is 24.3 Å². The molecule has 0 spiro atoms. The molecule has 1 saturated heterocycles. The van der Waals surface area contributed by atoms with Crippen molar-refractivity contribution in [3.63, 3.8) is 0 Å². The normalized spacial score (nSPS) is 18.1. The Morgan fingerprint density at radius 2 is 2.05 bits per heavy atom. The van der Waals surface area contributed by atoms with Crippen LogP contribution in [0.5, 0.6) is 0 Å². The molecule has 0 aliphatic carbocycles. The zero-order valence-corrected chi connectivity index (χ0v) is 12.7. The van der Waals surface area contributed by atoms with Crippen LogP contribution in [0.4, 0.5) is 11.4 Å². The first-order chi connectivity index (χ1) is 9.91. The van der Waals surface area contributed by atoms with Gasteiger partial charge in [-0.15, -0.1) is 0 Å². The van der Waals surface area contributed by atoms with Crippen LogP contribution in [0.2, 0.25) is 0 Å². The van der Waals surface area contributed by atoms with Crippen molar-refractivity contribution in [2.75, 3.05) is 24.3 Å². The van der Waals surface area contributed by atoms with Crippen LogP contribution in [0.1, 0.15) is 19.8 Å². The molecule has 6 nitrogen and oxygen atoms in total. The van der Waals surface area contributed by atoms with E-state index in [1.165, 1.54) is 6.92 Å². The van der Waals surface area contributed by atoms with E-state index in [0.29, 0.717) is 37.4 Å². The summed E-state index contributed by atoms with van der Waals surface area (Å²) >= 11 is 0. The second kappa shape index (κ2) is 6.44. The Morgan fingerprint density at radius 1 is 1.38 bits per heavy atom. The fraction of sp³-hybridized carbons (Fsp3) is 0.500. The van der Waals surface area contributed by atoms with Crippen molar-refractivity contribution in [1.29, 1.82) is 0 Å². The number of hydrogen-bond acceptors (Lipinski definition) is 5. The van der Waals surface area contributed by atoms with Crippen molar-refractivity contribution in [3.05, 3.63) is 24.3 Å². The van der Waals surface area contributed by atoms with E-state index >= 15 is 0 Å². The van der Waals surface area contributed by atoms with Gasteiger partial charge < -0.3 is 15.8 Å². The highest BCUT2D eigenvalue weighted by Gasteiger charge is 2.36. The summed E-state index contributed by atoms with van der Waals surface area (Å²) in [4.78, 5) is 12.2. The fourth-order valence-electron chi connectivity index (χ4n) is 2.30. The van der Waals surface area contributed by atoms with Crippen LogP contribution in [0.15, 0.2) is 24.3 Å². The minimum atomic E-state index is -3.51. The Kier molecular flexibility index (Phi) is 4.84. The van der Waals surface area contributed by atoms with Crippen molar-refractivity contribution in [2.45, 2.75) is 30.3 Å². The summed E-state index contributed by atoms with van der Waals surface area (Å²) < 4.78 is 30.1. The summed E-state index contributed by atoms with van der Waals surface area (Å²) in [5, 5.41) is 0.996. The van der Waals surface area contributed by atoms with Gasteiger partial charge in [-0.2, -0.15) is 0 Å². The van der Waals surface area contributed by atoms with Gasteiger partial charge in [0, 0.05) is 24.6 Å². The molecule has 0 bridgehead atoms. The van der Waals surface area contributed by atoms with E-state index in [4.69, 9.17) is 10.5 Å². The number of sulfone groups is 1. The second-order valence-electron chi connectivity index (χ2n) is 5.16. The van der Waals surface area contributed by atoms with Gasteiger partial charge in [-0.3, -0.25) is 4.79 Å². The molecule has 1 aromatic carbocycles. The van der Waals surface area contributed by atoms with Crippen molar-refractivity contribution in [3.8, 4) is 0 Å². The second-order valence-corrected chi connectivity index (χ2v) is 7.71. The molecule has 0 aromatic heterocycles.